The van der Waals surface area contributed by atoms with E-state index in [0.717, 1.165) is 12.0 Å². The number of sulfone groups is 1. The normalized spacial score (nSPS) is 23.4. The van der Waals surface area contributed by atoms with Crippen molar-refractivity contribution < 1.29 is 12.8 Å². The molecule has 1 fully saturated rings. The van der Waals surface area contributed by atoms with Crippen LogP contribution in [-0.2, 0) is 16.3 Å². The highest BCUT2D eigenvalue weighted by molar-refractivity contribution is 7.91. The van der Waals surface area contributed by atoms with E-state index in [0.29, 0.717) is 12.8 Å². The molecule has 2 atom stereocenters. The van der Waals surface area contributed by atoms with E-state index in [1.807, 2.05) is 0 Å². The molecule has 1 aliphatic heterocycles. The van der Waals surface area contributed by atoms with E-state index in [9.17, 15) is 12.8 Å². The number of hydrazine groups is 1. The van der Waals surface area contributed by atoms with E-state index >= 15 is 0 Å². The van der Waals surface area contributed by atoms with E-state index in [1.54, 1.807) is 12.1 Å². The van der Waals surface area contributed by atoms with E-state index in [1.165, 1.54) is 12.1 Å². The van der Waals surface area contributed by atoms with Crippen LogP contribution >= 0.6 is 0 Å². The Morgan fingerprint density at radius 2 is 2.05 bits per heavy atom. The van der Waals surface area contributed by atoms with Crippen molar-refractivity contribution in [3.8, 4) is 0 Å². The van der Waals surface area contributed by atoms with Gasteiger partial charge in [0.2, 0.25) is 0 Å². The SMILES string of the molecule is NNC(Cc1ccc(F)cc1)CC1CCS(=O)(=O)C1. The average Bonchev–Trinajstić information content (AvgIpc) is 2.70. The maximum Gasteiger partial charge on any atom is 0.150 e. The van der Waals surface area contributed by atoms with Gasteiger partial charge in [-0.25, -0.2) is 12.8 Å². The molecule has 2 rings (SSSR count). The van der Waals surface area contributed by atoms with E-state index in [-0.39, 0.29) is 29.3 Å². The van der Waals surface area contributed by atoms with Crippen molar-refractivity contribution in [2.75, 3.05) is 11.5 Å². The molecule has 1 saturated heterocycles. The lowest BCUT2D eigenvalue weighted by Gasteiger charge is -2.19. The molecule has 3 N–H and O–H groups in total. The molecule has 1 heterocycles. The fourth-order valence-corrected chi connectivity index (χ4v) is 4.46. The maximum atomic E-state index is 12.8. The third-order valence-electron chi connectivity index (χ3n) is 3.58. The molecule has 0 spiro atoms. The number of hydrogen-bond acceptors (Lipinski definition) is 4. The van der Waals surface area contributed by atoms with Gasteiger partial charge in [-0.1, -0.05) is 12.1 Å². The highest BCUT2D eigenvalue weighted by Crippen LogP contribution is 2.23. The van der Waals surface area contributed by atoms with E-state index in [4.69, 9.17) is 5.84 Å². The minimum absolute atomic E-state index is 0.0174. The fraction of sp³-hybridized carbons (Fsp3) is 0.538. The molecule has 1 aliphatic rings. The van der Waals surface area contributed by atoms with Crippen LogP contribution in [0.2, 0.25) is 0 Å². The first-order chi connectivity index (χ1) is 8.98. The Bertz CT molecular complexity index is 516. The molecule has 0 radical (unpaired) electrons. The number of rotatable bonds is 5. The number of nitrogens with two attached hydrogens (primary N) is 1. The van der Waals surface area contributed by atoms with Gasteiger partial charge in [-0.2, -0.15) is 0 Å². The fourth-order valence-electron chi connectivity index (χ4n) is 2.58. The van der Waals surface area contributed by atoms with Gasteiger partial charge < -0.3 is 0 Å². The lowest BCUT2D eigenvalue weighted by Crippen LogP contribution is -2.38. The Hall–Kier alpha value is -0.980. The van der Waals surface area contributed by atoms with Crippen LogP contribution in [0.4, 0.5) is 4.39 Å². The van der Waals surface area contributed by atoms with Crippen LogP contribution in [0.25, 0.3) is 0 Å². The summed E-state index contributed by atoms with van der Waals surface area (Å²) in [6.07, 6.45) is 2.12. The van der Waals surface area contributed by atoms with Gasteiger partial charge in [0, 0.05) is 6.04 Å². The summed E-state index contributed by atoms with van der Waals surface area (Å²) in [5, 5.41) is 0. The summed E-state index contributed by atoms with van der Waals surface area (Å²) in [4.78, 5) is 0. The first-order valence-corrected chi connectivity index (χ1v) is 8.21. The molecule has 0 aromatic heterocycles. The molecule has 4 nitrogen and oxygen atoms in total. The second-order valence-electron chi connectivity index (χ2n) is 5.20. The molecular formula is C13H19FN2O2S. The van der Waals surface area contributed by atoms with Gasteiger partial charge in [0.1, 0.15) is 5.82 Å². The van der Waals surface area contributed by atoms with Crippen LogP contribution in [0.5, 0.6) is 0 Å². The smallest absolute Gasteiger partial charge is 0.150 e. The zero-order chi connectivity index (χ0) is 13.9. The Morgan fingerprint density at radius 1 is 1.37 bits per heavy atom. The van der Waals surface area contributed by atoms with Crippen molar-refractivity contribution in [2.45, 2.75) is 25.3 Å². The van der Waals surface area contributed by atoms with Gasteiger partial charge in [-0.3, -0.25) is 11.3 Å². The van der Waals surface area contributed by atoms with Crippen LogP contribution in [0.1, 0.15) is 18.4 Å². The van der Waals surface area contributed by atoms with Crippen LogP contribution in [0.15, 0.2) is 24.3 Å². The van der Waals surface area contributed by atoms with E-state index in [2.05, 4.69) is 5.43 Å². The average molecular weight is 286 g/mol. The van der Waals surface area contributed by atoms with Crippen molar-refractivity contribution >= 4 is 9.84 Å². The van der Waals surface area contributed by atoms with E-state index < -0.39 is 9.84 Å². The lowest BCUT2D eigenvalue weighted by atomic mass is 9.95. The zero-order valence-corrected chi connectivity index (χ0v) is 11.5. The van der Waals surface area contributed by atoms with Gasteiger partial charge >= 0.3 is 0 Å². The summed E-state index contributed by atoms with van der Waals surface area (Å²) in [7, 11) is -2.85. The number of nitrogens with one attached hydrogen (secondary N) is 1. The molecular weight excluding hydrogens is 267 g/mol. The summed E-state index contributed by atoms with van der Waals surface area (Å²) < 4.78 is 35.6. The molecule has 1 aromatic carbocycles. The Balaban J connectivity index is 1.92. The molecule has 0 saturated carbocycles. The Morgan fingerprint density at radius 3 is 2.58 bits per heavy atom. The summed E-state index contributed by atoms with van der Waals surface area (Å²) >= 11 is 0. The summed E-state index contributed by atoms with van der Waals surface area (Å²) in [6.45, 7) is 0. The van der Waals surface area contributed by atoms with Crippen LogP contribution in [0, 0.1) is 11.7 Å². The van der Waals surface area contributed by atoms with Gasteiger partial charge in [0.25, 0.3) is 0 Å². The van der Waals surface area contributed by atoms with Crippen molar-refractivity contribution in [1.82, 2.24) is 5.43 Å². The first kappa shape index (κ1) is 14.4. The second-order valence-corrected chi connectivity index (χ2v) is 7.43. The van der Waals surface area contributed by atoms with Crippen molar-refractivity contribution in [3.63, 3.8) is 0 Å². The van der Waals surface area contributed by atoms with Gasteiger partial charge in [-0.15, -0.1) is 0 Å². The first-order valence-electron chi connectivity index (χ1n) is 6.39. The molecule has 0 amide bonds. The third kappa shape index (κ3) is 4.26. The summed E-state index contributed by atoms with van der Waals surface area (Å²) in [5.74, 6) is 5.98. The number of hydrogen-bond donors (Lipinski definition) is 2. The van der Waals surface area contributed by atoms with Gasteiger partial charge in [-0.05, 0) is 42.9 Å². The predicted octanol–water partition coefficient (Wildman–Crippen LogP) is 1.02. The summed E-state index contributed by atoms with van der Waals surface area (Å²) in [6, 6.07) is 6.31. The summed E-state index contributed by atoms with van der Waals surface area (Å²) in [5.41, 5.74) is 3.72. The maximum absolute atomic E-state index is 12.8. The highest BCUT2D eigenvalue weighted by atomic mass is 32.2. The Kier molecular flexibility index (Phi) is 4.54. The second kappa shape index (κ2) is 5.98. The molecule has 0 aliphatic carbocycles. The minimum Gasteiger partial charge on any atom is -0.271 e. The Labute approximate surface area is 113 Å². The lowest BCUT2D eigenvalue weighted by molar-refractivity contribution is 0.408. The van der Waals surface area contributed by atoms with Gasteiger partial charge in [0.05, 0.1) is 11.5 Å². The predicted molar refractivity (Wildman–Crippen MR) is 72.6 cm³/mol. The number of halogens is 1. The van der Waals surface area contributed by atoms with Crippen molar-refractivity contribution in [3.05, 3.63) is 35.6 Å². The largest absolute Gasteiger partial charge is 0.271 e. The molecule has 0 bridgehead atoms. The topological polar surface area (TPSA) is 72.2 Å². The van der Waals surface area contributed by atoms with Crippen LogP contribution < -0.4 is 11.3 Å². The third-order valence-corrected chi connectivity index (χ3v) is 5.41. The molecule has 1 aromatic rings. The monoisotopic (exact) mass is 286 g/mol. The minimum atomic E-state index is -2.85. The van der Waals surface area contributed by atoms with Gasteiger partial charge in [0.15, 0.2) is 9.84 Å². The zero-order valence-electron chi connectivity index (χ0n) is 10.7. The quantitative estimate of drug-likeness (QED) is 0.626. The molecule has 6 heteroatoms. The standard InChI is InChI=1S/C13H19FN2O2S/c14-12-3-1-10(2-4-12)7-13(16-15)8-11-5-6-19(17,18)9-11/h1-4,11,13,16H,5-9,15H2. The van der Waals surface area contributed by atoms with Crippen LogP contribution in [-0.4, -0.2) is 26.0 Å². The van der Waals surface area contributed by atoms with Crippen molar-refractivity contribution in [1.29, 1.82) is 0 Å². The molecule has 19 heavy (non-hydrogen) atoms. The number of benzene rings is 1. The van der Waals surface area contributed by atoms with Crippen molar-refractivity contribution in [2.24, 2.45) is 11.8 Å². The molecule has 2 unspecified atom stereocenters. The molecule has 106 valence electrons. The highest BCUT2D eigenvalue weighted by Gasteiger charge is 2.29. The van der Waals surface area contributed by atoms with Crippen LogP contribution in [0.3, 0.4) is 0 Å².